The number of para-hydroxylation sites is 1. The van der Waals surface area contributed by atoms with Crippen LogP contribution in [0.5, 0.6) is 5.75 Å². The van der Waals surface area contributed by atoms with Crippen molar-refractivity contribution in [2.75, 3.05) is 22.6 Å². The first-order valence-electron chi connectivity index (χ1n) is 10.5. The van der Waals surface area contributed by atoms with Crippen molar-refractivity contribution in [1.29, 1.82) is 0 Å². The molecule has 4 rings (SSSR count). The molecular formula is C24H23N3O4S2. The van der Waals surface area contributed by atoms with Gasteiger partial charge in [0.2, 0.25) is 17.7 Å². The molecule has 1 atom stereocenters. The molecule has 1 N–H and O–H groups in total. The van der Waals surface area contributed by atoms with Crippen molar-refractivity contribution in [2.45, 2.75) is 25.5 Å². The molecule has 2 aromatic carbocycles. The third-order valence-electron chi connectivity index (χ3n) is 5.02. The van der Waals surface area contributed by atoms with E-state index in [-0.39, 0.29) is 29.9 Å². The molecule has 2 heterocycles. The lowest BCUT2D eigenvalue weighted by Gasteiger charge is -2.14. The number of rotatable bonds is 8. The average molecular weight is 482 g/mol. The summed E-state index contributed by atoms with van der Waals surface area (Å²) in [4.78, 5) is 44.3. The van der Waals surface area contributed by atoms with Gasteiger partial charge >= 0.3 is 0 Å². The summed E-state index contributed by atoms with van der Waals surface area (Å²) in [6, 6.07) is 16.5. The third kappa shape index (κ3) is 5.26. The SMILES string of the molecule is CCOc1ccc(-c2nc(NC(=O)CS[C@@H]3CC(=O)N(c4ccccc4)C3=O)sc2C)cc1. The van der Waals surface area contributed by atoms with E-state index in [4.69, 9.17) is 4.74 Å². The monoisotopic (exact) mass is 481 g/mol. The van der Waals surface area contributed by atoms with E-state index in [0.29, 0.717) is 17.4 Å². The maximum Gasteiger partial charge on any atom is 0.247 e. The molecule has 0 bridgehead atoms. The third-order valence-corrected chi connectivity index (χ3v) is 7.10. The molecule has 1 aliphatic rings. The zero-order valence-corrected chi connectivity index (χ0v) is 19.9. The van der Waals surface area contributed by atoms with Crippen molar-refractivity contribution in [2.24, 2.45) is 0 Å². The summed E-state index contributed by atoms with van der Waals surface area (Å²) < 4.78 is 5.47. The van der Waals surface area contributed by atoms with Crippen molar-refractivity contribution in [1.82, 2.24) is 4.98 Å². The Labute approximate surface area is 200 Å². The second kappa shape index (κ2) is 10.2. The van der Waals surface area contributed by atoms with Crippen LogP contribution in [0, 0.1) is 6.92 Å². The van der Waals surface area contributed by atoms with Gasteiger partial charge in [0.25, 0.3) is 0 Å². The summed E-state index contributed by atoms with van der Waals surface area (Å²) in [7, 11) is 0. The van der Waals surface area contributed by atoms with Gasteiger partial charge in [0.05, 0.1) is 29.0 Å². The molecule has 0 radical (unpaired) electrons. The summed E-state index contributed by atoms with van der Waals surface area (Å²) in [5.74, 6) is 0.0611. The van der Waals surface area contributed by atoms with Gasteiger partial charge in [-0.25, -0.2) is 9.88 Å². The van der Waals surface area contributed by atoms with Crippen LogP contribution in [0.25, 0.3) is 11.3 Å². The minimum atomic E-state index is -0.569. The highest BCUT2D eigenvalue weighted by atomic mass is 32.2. The maximum atomic E-state index is 12.7. The van der Waals surface area contributed by atoms with Crippen LogP contribution >= 0.6 is 23.1 Å². The standard InChI is InChI=1S/C24H23N3O4S2/c1-3-31-18-11-9-16(10-12-18)22-15(2)33-24(26-22)25-20(28)14-32-19-13-21(29)27(23(19)30)17-7-5-4-6-8-17/h4-12,19H,3,13-14H2,1-2H3,(H,25,26,28)/t19-/m1/s1. The van der Waals surface area contributed by atoms with E-state index in [2.05, 4.69) is 10.3 Å². The van der Waals surface area contributed by atoms with Crippen LogP contribution in [0.1, 0.15) is 18.2 Å². The molecule has 3 amide bonds. The fourth-order valence-electron chi connectivity index (χ4n) is 3.51. The van der Waals surface area contributed by atoms with E-state index >= 15 is 0 Å². The number of carbonyl (C=O) groups is 3. The highest BCUT2D eigenvalue weighted by Gasteiger charge is 2.40. The normalized spacial score (nSPS) is 15.7. The molecule has 3 aromatic rings. The van der Waals surface area contributed by atoms with Gasteiger partial charge in [0.15, 0.2) is 5.13 Å². The van der Waals surface area contributed by atoms with Crippen LogP contribution < -0.4 is 15.0 Å². The molecule has 0 spiro atoms. The minimum absolute atomic E-state index is 0.0589. The van der Waals surface area contributed by atoms with Gasteiger partial charge in [0.1, 0.15) is 5.75 Å². The molecular weight excluding hydrogens is 458 g/mol. The number of thiazole rings is 1. The van der Waals surface area contributed by atoms with Gasteiger partial charge in [-0.05, 0) is 50.2 Å². The van der Waals surface area contributed by atoms with Crippen LogP contribution in [0.3, 0.4) is 0 Å². The lowest BCUT2D eigenvalue weighted by molar-refractivity contribution is -0.121. The summed E-state index contributed by atoms with van der Waals surface area (Å²) in [5, 5.41) is 2.74. The largest absolute Gasteiger partial charge is 0.494 e. The van der Waals surface area contributed by atoms with Crippen LogP contribution in [0.4, 0.5) is 10.8 Å². The Morgan fingerprint density at radius 2 is 1.91 bits per heavy atom. The Bertz CT molecular complexity index is 1160. The van der Waals surface area contributed by atoms with Crippen molar-refractivity contribution in [3.8, 4) is 17.0 Å². The van der Waals surface area contributed by atoms with Gasteiger partial charge in [-0.2, -0.15) is 0 Å². The second-order valence-corrected chi connectivity index (χ2v) is 9.73. The molecule has 9 heteroatoms. The summed E-state index contributed by atoms with van der Waals surface area (Å²) in [6.45, 7) is 4.49. The Morgan fingerprint density at radius 1 is 1.18 bits per heavy atom. The minimum Gasteiger partial charge on any atom is -0.494 e. The molecule has 1 aliphatic heterocycles. The van der Waals surface area contributed by atoms with Crippen molar-refractivity contribution < 1.29 is 19.1 Å². The molecule has 1 fully saturated rings. The maximum absolute atomic E-state index is 12.7. The lowest BCUT2D eigenvalue weighted by Crippen LogP contribution is -2.31. The number of nitrogens with zero attached hydrogens (tertiary/aromatic N) is 2. The van der Waals surface area contributed by atoms with E-state index in [1.54, 1.807) is 24.3 Å². The van der Waals surface area contributed by atoms with Gasteiger partial charge in [0, 0.05) is 16.9 Å². The number of anilines is 2. The first-order chi connectivity index (χ1) is 16.0. The van der Waals surface area contributed by atoms with E-state index in [1.165, 1.54) is 28.0 Å². The van der Waals surface area contributed by atoms with E-state index < -0.39 is 5.25 Å². The second-order valence-electron chi connectivity index (χ2n) is 7.34. The Hall–Kier alpha value is -3.17. The van der Waals surface area contributed by atoms with Crippen LogP contribution in [0.15, 0.2) is 54.6 Å². The fourth-order valence-corrected chi connectivity index (χ4v) is 5.29. The Balaban J connectivity index is 1.34. The van der Waals surface area contributed by atoms with Crippen molar-refractivity contribution in [3.63, 3.8) is 0 Å². The average Bonchev–Trinajstić information content (AvgIpc) is 3.31. The number of imide groups is 1. The molecule has 0 saturated carbocycles. The van der Waals surface area contributed by atoms with Gasteiger partial charge in [-0.15, -0.1) is 23.1 Å². The zero-order valence-electron chi connectivity index (χ0n) is 18.2. The number of aryl methyl sites for hydroxylation is 1. The number of carbonyl (C=O) groups excluding carboxylic acids is 3. The molecule has 1 aromatic heterocycles. The molecule has 7 nitrogen and oxygen atoms in total. The molecule has 170 valence electrons. The van der Waals surface area contributed by atoms with Gasteiger partial charge in [-0.3, -0.25) is 14.4 Å². The van der Waals surface area contributed by atoms with Gasteiger partial charge in [-0.1, -0.05) is 18.2 Å². The summed E-state index contributed by atoms with van der Waals surface area (Å²) >= 11 is 2.57. The first-order valence-corrected chi connectivity index (χ1v) is 12.4. The predicted molar refractivity (Wildman–Crippen MR) is 132 cm³/mol. The molecule has 0 aliphatic carbocycles. The van der Waals surface area contributed by atoms with Crippen molar-refractivity contribution in [3.05, 3.63) is 59.5 Å². The predicted octanol–water partition coefficient (Wildman–Crippen LogP) is 4.52. The number of hydrogen-bond acceptors (Lipinski definition) is 7. The summed E-state index contributed by atoms with van der Waals surface area (Å²) in [5.41, 5.74) is 2.30. The summed E-state index contributed by atoms with van der Waals surface area (Å²) in [6.07, 6.45) is 0.0872. The smallest absolute Gasteiger partial charge is 0.247 e. The van der Waals surface area contributed by atoms with E-state index in [0.717, 1.165) is 21.9 Å². The van der Waals surface area contributed by atoms with Crippen LogP contribution in [0.2, 0.25) is 0 Å². The quantitative estimate of drug-likeness (QED) is 0.476. The highest BCUT2D eigenvalue weighted by molar-refractivity contribution is 8.01. The number of nitrogens with one attached hydrogen (secondary N) is 1. The zero-order chi connectivity index (χ0) is 23.4. The number of aromatic nitrogens is 1. The fraction of sp³-hybridized carbons (Fsp3) is 0.250. The number of hydrogen-bond donors (Lipinski definition) is 1. The van der Waals surface area contributed by atoms with Crippen molar-refractivity contribution >= 4 is 51.6 Å². The molecule has 0 unspecified atom stereocenters. The molecule has 1 saturated heterocycles. The number of amides is 3. The number of thioether (sulfide) groups is 1. The lowest BCUT2D eigenvalue weighted by atomic mass is 10.1. The van der Waals surface area contributed by atoms with E-state index in [9.17, 15) is 14.4 Å². The number of benzene rings is 2. The van der Waals surface area contributed by atoms with Gasteiger partial charge < -0.3 is 10.1 Å². The topological polar surface area (TPSA) is 88.6 Å². The van der Waals surface area contributed by atoms with Crippen LogP contribution in [-0.2, 0) is 14.4 Å². The molecule has 33 heavy (non-hydrogen) atoms. The first kappa shape index (κ1) is 23.0. The van der Waals surface area contributed by atoms with E-state index in [1.807, 2.05) is 44.2 Å². The highest BCUT2D eigenvalue weighted by Crippen LogP contribution is 2.32. The Kier molecular flexibility index (Phi) is 7.10. The number of ether oxygens (including phenoxy) is 1. The Morgan fingerprint density at radius 3 is 2.61 bits per heavy atom. The van der Waals surface area contributed by atoms with Crippen LogP contribution in [-0.4, -0.2) is 40.3 Å².